The molecule has 0 aliphatic heterocycles. The Balaban J connectivity index is 1.50. The fourth-order valence-corrected chi connectivity index (χ4v) is 5.08. The topological polar surface area (TPSA) is 57.8 Å². The molecule has 2 aliphatic rings. The van der Waals surface area contributed by atoms with Crippen molar-refractivity contribution in [3.05, 3.63) is 47.5 Å². The van der Waals surface area contributed by atoms with Gasteiger partial charge in [0.15, 0.2) is 0 Å². The van der Waals surface area contributed by atoms with Gasteiger partial charge >= 0.3 is 0 Å². The Morgan fingerprint density at radius 2 is 1.59 bits per heavy atom. The molecule has 1 aromatic carbocycles. The van der Waals surface area contributed by atoms with Gasteiger partial charge in [-0.3, -0.25) is 4.79 Å². The third-order valence-corrected chi connectivity index (χ3v) is 6.81. The molecule has 2 fully saturated rings. The molecule has 0 radical (unpaired) electrons. The number of aromatic nitrogens is 2. The summed E-state index contributed by atoms with van der Waals surface area (Å²) >= 11 is 0. The van der Waals surface area contributed by atoms with E-state index in [1.807, 2.05) is 30.3 Å². The summed E-state index contributed by atoms with van der Waals surface area (Å²) in [6.45, 7) is 0. The number of carbonyl (C=O) groups is 1. The zero-order chi connectivity index (χ0) is 19.9. The number of rotatable bonds is 6. The molecule has 4 heteroatoms. The van der Waals surface area contributed by atoms with E-state index in [1.54, 1.807) is 0 Å². The van der Waals surface area contributed by atoms with Crippen molar-refractivity contribution in [3.8, 4) is 0 Å². The quantitative estimate of drug-likeness (QED) is 0.542. The number of nitrogens with zero attached hydrogens (tertiary/aromatic N) is 1. The highest BCUT2D eigenvalue weighted by Gasteiger charge is 2.24. The van der Waals surface area contributed by atoms with Crippen molar-refractivity contribution < 1.29 is 4.79 Å². The van der Waals surface area contributed by atoms with Crippen molar-refractivity contribution in [2.24, 2.45) is 5.92 Å². The van der Waals surface area contributed by atoms with Gasteiger partial charge in [0, 0.05) is 17.3 Å². The predicted molar refractivity (Wildman–Crippen MR) is 118 cm³/mol. The Bertz CT molecular complexity index is 769. The summed E-state index contributed by atoms with van der Waals surface area (Å²) in [6, 6.07) is 9.71. The molecule has 2 saturated carbocycles. The lowest BCUT2D eigenvalue weighted by atomic mass is 9.89. The van der Waals surface area contributed by atoms with Gasteiger partial charge in [0.05, 0.1) is 0 Å². The minimum Gasteiger partial charge on any atom is -0.345 e. The van der Waals surface area contributed by atoms with Crippen LogP contribution in [0, 0.1) is 5.92 Å². The van der Waals surface area contributed by atoms with E-state index in [-0.39, 0.29) is 5.91 Å². The van der Waals surface area contributed by atoms with Crippen LogP contribution in [0.4, 0.5) is 5.69 Å². The third-order valence-electron chi connectivity index (χ3n) is 6.81. The van der Waals surface area contributed by atoms with Crippen LogP contribution in [0.5, 0.6) is 0 Å². The fraction of sp³-hybridized carbons (Fsp3) is 0.600. The number of aryl methyl sites for hydroxylation is 1. The number of hydrogen-bond donors (Lipinski definition) is 2. The lowest BCUT2D eigenvalue weighted by Crippen LogP contribution is -2.15. The Morgan fingerprint density at radius 3 is 2.31 bits per heavy atom. The summed E-state index contributed by atoms with van der Waals surface area (Å²) in [5, 5.41) is 3.04. The van der Waals surface area contributed by atoms with Gasteiger partial charge in [-0.1, -0.05) is 76.0 Å². The van der Waals surface area contributed by atoms with Gasteiger partial charge in [0.1, 0.15) is 11.5 Å². The van der Waals surface area contributed by atoms with Gasteiger partial charge in [-0.05, 0) is 43.7 Å². The van der Waals surface area contributed by atoms with Crippen molar-refractivity contribution >= 4 is 11.6 Å². The standard InChI is InChI=1S/C25H35N3O/c29-25(26-21-15-9-4-10-16-21)23-22(18-17-19-11-5-1-2-6-12-19)27-24(28-23)20-13-7-3-8-14-20/h4,9-10,15-16,19-20H,1-3,5-8,11-14,17-18H2,(H,26,29)(H,27,28). The first-order valence-electron chi connectivity index (χ1n) is 11.7. The zero-order valence-electron chi connectivity index (χ0n) is 17.6. The Labute approximate surface area is 174 Å². The van der Waals surface area contributed by atoms with Crippen LogP contribution in [-0.2, 0) is 6.42 Å². The van der Waals surface area contributed by atoms with Crippen LogP contribution < -0.4 is 5.32 Å². The van der Waals surface area contributed by atoms with E-state index in [9.17, 15) is 4.79 Å². The number of hydrogen-bond acceptors (Lipinski definition) is 2. The molecule has 1 aromatic heterocycles. The van der Waals surface area contributed by atoms with Crippen molar-refractivity contribution in [1.29, 1.82) is 0 Å². The van der Waals surface area contributed by atoms with E-state index in [4.69, 9.17) is 4.98 Å². The zero-order valence-corrected chi connectivity index (χ0v) is 17.6. The summed E-state index contributed by atoms with van der Waals surface area (Å²) in [5.74, 6) is 2.24. The van der Waals surface area contributed by atoms with Crippen LogP contribution in [-0.4, -0.2) is 15.9 Å². The minimum absolute atomic E-state index is 0.0784. The van der Waals surface area contributed by atoms with Crippen molar-refractivity contribution in [2.45, 2.75) is 89.4 Å². The second-order valence-corrected chi connectivity index (χ2v) is 9.00. The number of benzene rings is 1. The number of imidazole rings is 1. The molecule has 2 aromatic rings. The molecule has 29 heavy (non-hydrogen) atoms. The van der Waals surface area contributed by atoms with Gasteiger partial charge in [-0.2, -0.15) is 0 Å². The molecule has 0 saturated heterocycles. The number of nitrogens with one attached hydrogen (secondary N) is 2. The van der Waals surface area contributed by atoms with E-state index >= 15 is 0 Å². The van der Waals surface area contributed by atoms with Crippen molar-refractivity contribution in [3.63, 3.8) is 0 Å². The fourth-order valence-electron chi connectivity index (χ4n) is 5.08. The first kappa shape index (κ1) is 20.2. The molecular formula is C25H35N3O. The van der Waals surface area contributed by atoms with Crippen LogP contribution in [0.3, 0.4) is 0 Å². The number of H-pyrrole nitrogens is 1. The largest absolute Gasteiger partial charge is 0.345 e. The highest BCUT2D eigenvalue weighted by Crippen LogP contribution is 2.32. The Kier molecular flexibility index (Phi) is 7.02. The average Bonchev–Trinajstić information content (AvgIpc) is 3.02. The van der Waals surface area contributed by atoms with Crippen molar-refractivity contribution in [2.75, 3.05) is 5.32 Å². The van der Waals surface area contributed by atoms with E-state index in [2.05, 4.69) is 10.3 Å². The van der Waals surface area contributed by atoms with Gasteiger partial charge in [0.2, 0.25) is 0 Å². The van der Waals surface area contributed by atoms with Crippen LogP contribution in [0.2, 0.25) is 0 Å². The monoisotopic (exact) mass is 393 g/mol. The molecule has 2 aliphatic carbocycles. The molecule has 0 atom stereocenters. The summed E-state index contributed by atoms with van der Waals surface area (Å²) < 4.78 is 0. The second-order valence-electron chi connectivity index (χ2n) is 9.00. The van der Waals surface area contributed by atoms with Crippen LogP contribution >= 0.6 is 0 Å². The van der Waals surface area contributed by atoms with Gasteiger partial charge in [0.25, 0.3) is 5.91 Å². The van der Waals surface area contributed by atoms with E-state index in [0.717, 1.165) is 36.0 Å². The molecule has 2 N–H and O–H groups in total. The van der Waals surface area contributed by atoms with Crippen molar-refractivity contribution in [1.82, 2.24) is 9.97 Å². The highest BCUT2D eigenvalue weighted by molar-refractivity contribution is 6.03. The van der Waals surface area contributed by atoms with Gasteiger partial charge in [-0.25, -0.2) is 4.98 Å². The minimum atomic E-state index is -0.0784. The lowest BCUT2D eigenvalue weighted by molar-refractivity contribution is 0.102. The smallest absolute Gasteiger partial charge is 0.276 e. The molecule has 4 nitrogen and oxygen atoms in total. The molecule has 0 spiro atoms. The first-order chi connectivity index (χ1) is 14.3. The van der Waals surface area contributed by atoms with Gasteiger partial charge < -0.3 is 10.3 Å². The number of aromatic amines is 1. The maximum absolute atomic E-state index is 13.0. The summed E-state index contributed by atoms with van der Waals surface area (Å²) in [7, 11) is 0. The van der Waals surface area contributed by atoms with E-state index < -0.39 is 0 Å². The number of amides is 1. The average molecular weight is 394 g/mol. The molecule has 0 unspecified atom stereocenters. The van der Waals surface area contributed by atoms with E-state index in [1.165, 1.54) is 70.6 Å². The predicted octanol–water partition coefficient (Wildman–Crippen LogP) is 6.61. The highest BCUT2D eigenvalue weighted by atomic mass is 16.1. The number of anilines is 1. The molecule has 156 valence electrons. The number of carbonyl (C=O) groups excluding carboxylic acids is 1. The molecule has 4 rings (SSSR count). The maximum Gasteiger partial charge on any atom is 0.276 e. The SMILES string of the molecule is O=C(Nc1ccccc1)c1nc(C2CCCCC2)[nH]c1CCC1CCCCCC1. The normalized spacial score (nSPS) is 19.0. The van der Waals surface area contributed by atoms with E-state index in [0.29, 0.717) is 11.6 Å². The molecule has 0 bridgehead atoms. The Hall–Kier alpha value is -2.10. The van der Waals surface area contributed by atoms with Crippen LogP contribution in [0.1, 0.15) is 105 Å². The second kappa shape index (κ2) is 10.1. The summed E-state index contributed by atoms with van der Waals surface area (Å²) in [4.78, 5) is 21.5. The third kappa shape index (κ3) is 5.49. The summed E-state index contributed by atoms with van der Waals surface area (Å²) in [6.07, 6.45) is 16.5. The molecular weight excluding hydrogens is 358 g/mol. The Morgan fingerprint density at radius 1 is 0.931 bits per heavy atom. The first-order valence-corrected chi connectivity index (χ1v) is 11.7. The van der Waals surface area contributed by atoms with Crippen LogP contribution in [0.25, 0.3) is 0 Å². The summed E-state index contributed by atoms with van der Waals surface area (Å²) in [5.41, 5.74) is 2.49. The maximum atomic E-state index is 13.0. The molecule has 1 heterocycles. The number of para-hydroxylation sites is 1. The van der Waals surface area contributed by atoms with Gasteiger partial charge in [-0.15, -0.1) is 0 Å². The van der Waals surface area contributed by atoms with Crippen LogP contribution in [0.15, 0.2) is 30.3 Å². The lowest BCUT2D eigenvalue weighted by Gasteiger charge is -2.19. The molecule has 1 amide bonds.